The number of thiophene rings is 1. The number of carbonyl (C=O) groups excluding carboxylic acids is 1. The molecule has 0 aliphatic heterocycles. The molecule has 8 heteroatoms. The van der Waals surface area contributed by atoms with E-state index in [2.05, 4.69) is 10.3 Å². The predicted octanol–water partition coefficient (Wildman–Crippen LogP) is 6.30. The van der Waals surface area contributed by atoms with Crippen molar-refractivity contribution in [3.63, 3.8) is 0 Å². The van der Waals surface area contributed by atoms with E-state index in [1.165, 1.54) is 34.8 Å². The minimum absolute atomic E-state index is 0.0477. The van der Waals surface area contributed by atoms with Crippen LogP contribution in [0.1, 0.15) is 15.9 Å². The number of nitrogens with zero attached hydrogens (tertiary/aromatic N) is 1. The van der Waals surface area contributed by atoms with Crippen LogP contribution in [0, 0.1) is 0 Å². The van der Waals surface area contributed by atoms with Crippen LogP contribution in [0.4, 0.5) is 18.2 Å². The van der Waals surface area contributed by atoms with E-state index in [9.17, 15) is 18.0 Å². The highest BCUT2D eigenvalue weighted by molar-refractivity contribution is 7.22. The van der Waals surface area contributed by atoms with Crippen LogP contribution in [0.5, 0.6) is 0 Å². The van der Waals surface area contributed by atoms with Crippen LogP contribution in [0.15, 0.2) is 60.0 Å². The van der Waals surface area contributed by atoms with Crippen molar-refractivity contribution in [2.24, 2.45) is 0 Å². The number of nitrogens with one attached hydrogen (secondary N) is 1. The van der Waals surface area contributed by atoms with Gasteiger partial charge in [0.25, 0.3) is 5.91 Å². The standard InChI is InChI=1S/C19H11F3N2OS2/c20-19(21,22)12-5-3-4-11(10-12)16(25)24-17-13(8-9-26-17)18-23-14-6-1-2-7-15(14)27-18/h1-10H,(H,24,25). The summed E-state index contributed by atoms with van der Waals surface area (Å²) in [5, 5.41) is 5.82. The Morgan fingerprint density at radius 3 is 2.63 bits per heavy atom. The fraction of sp³-hybridized carbons (Fsp3) is 0.0526. The molecule has 0 unspecified atom stereocenters. The minimum atomic E-state index is -4.49. The molecule has 0 saturated heterocycles. The van der Waals surface area contributed by atoms with Gasteiger partial charge in [0.15, 0.2) is 0 Å². The van der Waals surface area contributed by atoms with Crippen molar-refractivity contribution in [2.75, 3.05) is 5.32 Å². The number of hydrogen-bond acceptors (Lipinski definition) is 4. The summed E-state index contributed by atoms with van der Waals surface area (Å²) in [5.74, 6) is -0.592. The quantitative estimate of drug-likeness (QED) is 0.436. The molecule has 0 fully saturated rings. The van der Waals surface area contributed by atoms with Crippen molar-refractivity contribution in [2.45, 2.75) is 6.18 Å². The molecule has 2 heterocycles. The largest absolute Gasteiger partial charge is 0.416 e. The van der Waals surface area contributed by atoms with Gasteiger partial charge in [-0.05, 0) is 41.8 Å². The third kappa shape index (κ3) is 3.58. The van der Waals surface area contributed by atoms with Crippen LogP contribution in [0.3, 0.4) is 0 Å². The molecule has 4 aromatic rings. The van der Waals surface area contributed by atoms with Gasteiger partial charge in [0.1, 0.15) is 10.0 Å². The van der Waals surface area contributed by atoms with Gasteiger partial charge < -0.3 is 5.32 Å². The van der Waals surface area contributed by atoms with E-state index >= 15 is 0 Å². The molecule has 0 saturated carbocycles. The third-order valence-corrected chi connectivity index (χ3v) is 5.77. The van der Waals surface area contributed by atoms with Gasteiger partial charge in [0.05, 0.1) is 15.8 Å². The van der Waals surface area contributed by atoms with Crippen molar-refractivity contribution < 1.29 is 18.0 Å². The molecule has 4 rings (SSSR count). The van der Waals surface area contributed by atoms with Gasteiger partial charge in [-0.2, -0.15) is 13.2 Å². The maximum absolute atomic E-state index is 12.9. The summed E-state index contributed by atoms with van der Waals surface area (Å²) in [4.78, 5) is 17.0. The summed E-state index contributed by atoms with van der Waals surface area (Å²) in [6.45, 7) is 0. The molecular formula is C19H11F3N2OS2. The first kappa shape index (κ1) is 17.7. The van der Waals surface area contributed by atoms with E-state index in [4.69, 9.17) is 0 Å². The van der Waals surface area contributed by atoms with Gasteiger partial charge >= 0.3 is 6.18 Å². The summed E-state index contributed by atoms with van der Waals surface area (Å²) in [6, 6.07) is 13.9. The van der Waals surface area contributed by atoms with Crippen LogP contribution >= 0.6 is 22.7 Å². The van der Waals surface area contributed by atoms with E-state index in [0.717, 1.165) is 32.9 Å². The second kappa shape index (κ2) is 6.79. The number of fused-ring (bicyclic) bond motifs is 1. The molecule has 0 spiro atoms. The van der Waals surface area contributed by atoms with Crippen molar-refractivity contribution in [3.8, 4) is 10.6 Å². The first-order valence-corrected chi connectivity index (χ1v) is 9.53. The number of rotatable bonds is 3. The van der Waals surface area contributed by atoms with E-state index < -0.39 is 17.6 Å². The van der Waals surface area contributed by atoms with E-state index in [0.29, 0.717) is 5.00 Å². The zero-order chi connectivity index (χ0) is 19.0. The number of para-hydroxylation sites is 1. The first-order valence-electron chi connectivity index (χ1n) is 7.84. The second-order valence-corrected chi connectivity index (χ2v) is 7.63. The average molecular weight is 404 g/mol. The Hall–Kier alpha value is -2.71. The van der Waals surface area contributed by atoms with Crippen LogP contribution < -0.4 is 5.32 Å². The van der Waals surface area contributed by atoms with Crippen molar-refractivity contribution in [1.82, 2.24) is 4.98 Å². The number of alkyl halides is 3. The highest BCUT2D eigenvalue weighted by Gasteiger charge is 2.31. The highest BCUT2D eigenvalue weighted by Crippen LogP contribution is 2.38. The number of carbonyl (C=O) groups is 1. The van der Waals surface area contributed by atoms with Crippen LogP contribution in [0.25, 0.3) is 20.8 Å². The van der Waals surface area contributed by atoms with Gasteiger partial charge in [-0.1, -0.05) is 18.2 Å². The Morgan fingerprint density at radius 2 is 1.85 bits per heavy atom. The number of benzene rings is 2. The number of halogens is 3. The molecule has 0 aliphatic carbocycles. The normalized spacial score (nSPS) is 11.7. The lowest BCUT2D eigenvalue weighted by molar-refractivity contribution is -0.137. The molecule has 27 heavy (non-hydrogen) atoms. The number of amides is 1. The fourth-order valence-electron chi connectivity index (χ4n) is 2.57. The molecule has 1 amide bonds. The molecule has 0 aliphatic rings. The molecule has 2 aromatic heterocycles. The molecule has 0 bridgehead atoms. The van der Waals surface area contributed by atoms with Crippen LogP contribution in [-0.4, -0.2) is 10.9 Å². The summed E-state index contributed by atoms with van der Waals surface area (Å²) >= 11 is 2.79. The molecule has 2 aromatic carbocycles. The van der Waals surface area contributed by atoms with E-state index in [1.807, 2.05) is 35.7 Å². The first-order chi connectivity index (χ1) is 12.9. The Bertz CT molecular complexity index is 1100. The fourth-order valence-corrected chi connectivity index (χ4v) is 4.42. The summed E-state index contributed by atoms with van der Waals surface area (Å²) in [7, 11) is 0. The number of anilines is 1. The Kier molecular flexibility index (Phi) is 4.45. The molecule has 3 nitrogen and oxygen atoms in total. The maximum atomic E-state index is 12.9. The molecule has 0 radical (unpaired) electrons. The van der Waals surface area contributed by atoms with Crippen LogP contribution in [0.2, 0.25) is 0 Å². The molecular weight excluding hydrogens is 393 g/mol. The third-order valence-electron chi connectivity index (χ3n) is 3.87. The van der Waals surface area contributed by atoms with Gasteiger partial charge in [0.2, 0.25) is 0 Å². The van der Waals surface area contributed by atoms with Gasteiger partial charge in [-0.3, -0.25) is 4.79 Å². The van der Waals surface area contributed by atoms with Crippen molar-refractivity contribution in [3.05, 3.63) is 71.1 Å². The SMILES string of the molecule is O=C(Nc1sccc1-c1nc2ccccc2s1)c1cccc(C(F)(F)F)c1. The lowest BCUT2D eigenvalue weighted by Gasteiger charge is -2.09. The summed E-state index contributed by atoms with van der Waals surface area (Å²) < 4.78 is 39.6. The summed E-state index contributed by atoms with van der Waals surface area (Å²) in [5.41, 5.74) is 0.710. The smallest absolute Gasteiger partial charge is 0.313 e. The lowest BCUT2D eigenvalue weighted by atomic mass is 10.1. The van der Waals surface area contributed by atoms with Crippen LogP contribution in [-0.2, 0) is 6.18 Å². The number of aromatic nitrogens is 1. The minimum Gasteiger partial charge on any atom is -0.313 e. The van der Waals surface area contributed by atoms with Gasteiger partial charge in [0, 0.05) is 11.1 Å². The predicted molar refractivity (Wildman–Crippen MR) is 102 cm³/mol. The Labute approximate surface area is 160 Å². The van der Waals surface area contributed by atoms with E-state index in [-0.39, 0.29) is 5.56 Å². The average Bonchev–Trinajstić information content (AvgIpc) is 3.27. The van der Waals surface area contributed by atoms with Gasteiger partial charge in [-0.15, -0.1) is 22.7 Å². The zero-order valence-corrected chi connectivity index (χ0v) is 15.2. The lowest BCUT2D eigenvalue weighted by Crippen LogP contribution is -2.13. The zero-order valence-electron chi connectivity index (χ0n) is 13.6. The van der Waals surface area contributed by atoms with Crippen molar-refractivity contribution in [1.29, 1.82) is 0 Å². The molecule has 1 N–H and O–H groups in total. The molecule has 0 atom stereocenters. The summed E-state index contributed by atoms with van der Waals surface area (Å²) in [6.07, 6.45) is -4.49. The monoisotopic (exact) mass is 404 g/mol. The second-order valence-electron chi connectivity index (χ2n) is 5.68. The number of hydrogen-bond donors (Lipinski definition) is 1. The maximum Gasteiger partial charge on any atom is 0.416 e. The van der Waals surface area contributed by atoms with E-state index in [1.54, 1.807) is 0 Å². The van der Waals surface area contributed by atoms with Crippen molar-refractivity contribution >= 4 is 43.8 Å². The molecule has 136 valence electrons. The van der Waals surface area contributed by atoms with Gasteiger partial charge in [-0.25, -0.2) is 4.98 Å². The topological polar surface area (TPSA) is 42.0 Å². The number of thiazole rings is 1. The highest BCUT2D eigenvalue weighted by atomic mass is 32.1. The Morgan fingerprint density at radius 1 is 1.04 bits per heavy atom. The Balaban J connectivity index is 1.63.